The van der Waals surface area contributed by atoms with Gasteiger partial charge in [0.05, 0.1) is 0 Å². The van der Waals surface area contributed by atoms with Gasteiger partial charge in [-0.1, -0.05) is 0 Å². The lowest BCUT2D eigenvalue weighted by Crippen LogP contribution is -2.63. The van der Waals surface area contributed by atoms with E-state index in [4.69, 9.17) is 11.6 Å². The van der Waals surface area contributed by atoms with E-state index in [1.165, 1.54) is 16.8 Å². The minimum Gasteiger partial charge on any atom is -0.337 e. The number of nitrogens with zero attached hydrogens (tertiary/aromatic N) is 2. The summed E-state index contributed by atoms with van der Waals surface area (Å²) in [6.07, 6.45) is -4.34. The minimum atomic E-state index is -4.34. The van der Waals surface area contributed by atoms with Crippen LogP contribution >= 0.6 is 11.6 Å². The van der Waals surface area contributed by atoms with Gasteiger partial charge in [-0.3, -0.25) is 4.90 Å². The van der Waals surface area contributed by atoms with Crippen LogP contribution in [0.3, 0.4) is 0 Å². The summed E-state index contributed by atoms with van der Waals surface area (Å²) in [6.45, 7) is 1.84. The van der Waals surface area contributed by atoms with Gasteiger partial charge >= 0.3 is 12.2 Å². The molecule has 0 aromatic heterocycles. The van der Waals surface area contributed by atoms with Crippen LogP contribution in [-0.2, 0) is 0 Å². The summed E-state index contributed by atoms with van der Waals surface area (Å²) >= 11 is 5.42. The maximum atomic E-state index is 12.8. The first-order chi connectivity index (χ1) is 8.27. The fourth-order valence-corrected chi connectivity index (χ4v) is 2.03. The molecule has 1 aliphatic rings. The summed E-state index contributed by atoms with van der Waals surface area (Å²) in [5.74, 6) is 0.234. The van der Waals surface area contributed by atoms with E-state index in [-0.39, 0.29) is 31.6 Å². The smallest absolute Gasteiger partial charge is 0.337 e. The number of likely N-dealkylation sites (N-methyl/N-ethyl adjacent to an activating group) is 1. The van der Waals surface area contributed by atoms with Crippen LogP contribution in [0.1, 0.15) is 6.92 Å². The van der Waals surface area contributed by atoms with E-state index < -0.39 is 18.2 Å². The molecule has 0 aromatic rings. The Morgan fingerprint density at radius 3 is 2.56 bits per heavy atom. The van der Waals surface area contributed by atoms with Crippen LogP contribution in [-0.4, -0.2) is 66.7 Å². The molecular formula is C10H17ClF3N3O. The van der Waals surface area contributed by atoms with Gasteiger partial charge < -0.3 is 10.2 Å². The van der Waals surface area contributed by atoms with Gasteiger partial charge in [-0.15, -0.1) is 11.6 Å². The molecule has 8 heteroatoms. The zero-order chi connectivity index (χ0) is 13.9. The van der Waals surface area contributed by atoms with Crippen molar-refractivity contribution in [3.05, 3.63) is 0 Å². The highest BCUT2D eigenvalue weighted by Crippen LogP contribution is 2.28. The monoisotopic (exact) mass is 287 g/mol. The van der Waals surface area contributed by atoms with Crippen molar-refractivity contribution in [2.24, 2.45) is 0 Å². The second kappa shape index (κ2) is 5.97. The quantitative estimate of drug-likeness (QED) is 0.781. The van der Waals surface area contributed by atoms with E-state index in [0.29, 0.717) is 0 Å². The average molecular weight is 288 g/mol. The highest BCUT2D eigenvalue weighted by atomic mass is 35.5. The number of nitrogens with one attached hydrogen (secondary N) is 1. The third-order valence-electron chi connectivity index (χ3n) is 3.10. The second-order valence-electron chi connectivity index (χ2n) is 4.40. The summed E-state index contributed by atoms with van der Waals surface area (Å²) in [5, 5.41) is 2.48. The Morgan fingerprint density at radius 1 is 1.44 bits per heavy atom. The van der Waals surface area contributed by atoms with Crippen LogP contribution in [0.25, 0.3) is 0 Å². The van der Waals surface area contributed by atoms with Crippen LogP contribution in [0, 0.1) is 0 Å². The van der Waals surface area contributed by atoms with E-state index in [9.17, 15) is 18.0 Å². The number of amides is 2. The molecule has 0 aromatic carbocycles. The molecule has 1 saturated heterocycles. The number of hydrogen-bond donors (Lipinski definition) is 1. The Bertz CT molecular complexity index is 301. The summed E-state index contributed by atoms with van der Waals surface area (Å²) in [5.41, 5.74) is 0. The van der Waals surface area contributed by atoms with Crippen molar-refractivity contribution in [1.82, 2.24) is 15.1 Å². The van der Waals surface area contributed by atoms with Crippen LogP contribution in [0.4, 0.5) is 18.0 Å². The molecule has 18 heavy (non-hydrogen) atoms. The number of carbonyl (C=O) groups excluding carboxylic acids is 1. The van der Waals surface area contributed by atoms with Crippen molar-refractivity contribution in [3.63, 3.8) is 0 Å². The first kappa shape index (κ1) is 15.4. The molecule has 0 radical (unpaired) electrons. The van der Waals surface area contributed by atoms with Gasteiger partial charge in [0.1, 0.15) is 6.04 Å². The van der Waals surface area contributed by atoms with Crippen LogP contribution < -0.4 is 5.32 Å². The molecule has 0 spiro atoms. The summed E-state index contributed by atoms with van der Waals surface area (Å²) < 4.78 is 38.5. The number of rotatable bonds is 2. The summed E-state index contributed by atoms with van der Waals surface area (Å²) in [6, 6.07) is -2.46. The van der Waals surface area contributed by atoms with Gasteiger partial charge in [0.25, 0.3) is 0 Å². The molecule has 0 saturated carbocycles. The molecule has 1 aliphatic heterocycles. The lowest BCUT2D eigenvalue weighted by atomic mass is 10.1. The molecule has 2 unspecified atom stereocenters. The minimum absolute atomic E-state index is 0.234. The van der Waals surface area contributed by atoms with Crippen LogP contribution in [0.5, 0.6) is 0 Å². The van der Waals surface area contributed by atoms with E-state index in [1.54, 1.807) is 6.92 Å². The molecule has 1 heterocycles. The molecule has 4 nitrogen and oxygen atoms in total. The molecule has 2 amide bonds. The summed E-state index contributed by atoms with van der Waals surface area (Å²) in [7, 11) is 1.43. The molecule has 0 bridgehead atoms. The van der Waals surface area contributed by atoms with Crippen molar-refractivity contribution in [3.8, 4) is 0 Å². The first-order valence-electron chi connectivity index (χ1n) is 5.64. The fourth-order valence-electron chi connectivity index (χ4n) is 1.93. The maximum Gasteiger partial charge on any atom is 0.405 e. The molecule has 0 aliphatic carbocycles. The third kappa shape index (κ3) is 3.65. The SMILES string of the molecule is CC1CN(C(=O)NCCCl)CC(C(F)(F)F)N1C. The summed E-state index contributed by atoms with van der Waals surface area (Å²) in [4.78, 5) is 14.1. The lowest BCUT2D eigenvalue weighted by molar-refractivity contribution is -0.196. The zero-order valence-corrected chi connectivity index (χ0v) is 11.1. The fraction of sp³-hybridized carbons (Fsp3) is 0.900. The number of hydrogen-bond acceptors (Lipinski definition) is 2. The van der Waals surface area contributed by atoms with Crippen LogP contribution in [0.2, 0.25) is 0 Å². The molecule has 2 atom stereocenters. The zero-order valence-electron chi connectivity index (χ0n) is 10.3. The number of halogens is 4. The van der Waals surface area contributed by atoms with Crippen molar-refractivity contribution in [2.45, 2.75) is 25.2 Å². The van der Waals surface area contributed by atoms with Gasteiger partial charge in [0, 0.05) is 31.6 Å². The third-order valence-corrected chi connectivity index (χ3v) is 3.29. The maximum absolute atomic E-state index is 12.8. The number of urea groups is 1. The van der Waals surface area contributed by atoms with E-state index in [2.05, 4.69) is 5.32 Å². The number of piperazine rings is 1. The molecular weight excluding hydrogens is 271 g/mol. The van der Waals surface area contributed by atoms with E-state index in [0.717, 1.165) is 0 Å². The Kier molecular flexibility index (Phi) is 5.10. The highest BCUT2D eigenvalue weighted by Gasteiger charge is 2.47. The number of carbonyl (C=O) groups is 1. The Hall–Kier alpha value is -0.690. The molecule has 1 fully saturated rings. The Morgan fingerprint density at radius 2 is 2.06 bits per heavy atom. The lowest BCUT2D eigenvalue weighted by Gasteiger charge is -2.44. The molecule has 1 rings (SSSR count). The van der Waals surface area contributed by atoms with Gasteiger partial charge in [-0.25, -0.2) is 4.79 Å². The first-order valence-corrected chi connectivity index (χ1v) is 6.18. The Balaban J connectivity index is 2.70. The molecule has 106 valence electrons. The van der Waals surface area contributed by atoms with Crippen molar-refractivity contribution >= 4 is 17.6 Å². The highest BCUT2D eigenvalue weighted by molar-refractivity contribution is 6.18. The Labute approximate surface area is 109 Å². The average Bonchev–Trinajstić information content (AvgIpc) is 2.27. The topological polar surface area (TPSA) is 35.6 Å². The van der Waals surface area contributed by atoms with Gasteiger partial charge in [-0.05, 0) is 14.0 Å². The largest absolute Gasteiger partial charge is 0.405 e. The van der Waals surface area contributed by atoms with Crippen molar-refractivity contribution in [2.75, 3.05) is 32.6 Å². The van der Waals surface area contributed by atoms with Gasteiger partial charge in [0.2, 0.25) is 0 Å². The predicted molar refractivity (Wildman–Crippen MR) is 62.8 cm³/mol. The van der Waals surface area contributed by atoms with Crippen LogP contribution in [0.15, 0.2) is 0 Å². The van der Waals surface area contributed by atoms with Crippen molar-refractivity contribution < 1.29 is 18.0 Å². The second-order valence-corrected chi connectivity index (χ2v) is 4.78. The van der Waals surface area contributed by atoms with E-state index in [1.807, 2.05) is 0 Å². The molecule has 1 N–H and O–H groups in total. The van der Waals surface area contributed by atoms with Gasteiger partial charge in [-0.2, -0.15) is 13.2 Å². The predicted octanol–water partition coefficient (Wildman–Crippen LogP) is 1.50. The van der Waals surface area contributed by atoms with Gasteiger partial charge in [0.15, 0.2) is 0 Å². The van der Waals surface area contributed by atoms with E-state index >= 15 is 0 Å². The van der Waals surface area contributed by atoms with Crippen molar-refractivity contribution in [1.29, 1.82) is 0 Å². The normalized spacial score (nSPS) is 26.2. The number of alkyl halides is 4. The standard InChI is InChI=1S/C10H17ClF3N3O/c1-7-5-17(9(18)15-4-3-11)6-8(16(7)2)10(12,13)14/h7-8H,3-6H2,1-2H3,(H,15,18).